The Kier molecular flexibility index (Phi) is 4.62. The second-order valence-corrected chi connectivity index (χ2v) is 6.97. The Bertz CT molecular complexity index is 969. The Morgan fingerprint density at radius 1 is 1.00 bits per heavy atom. The normalized spacial score (nSPS) is 14.6. The van der Waals surface area contributed by atoms with Crippen LogP contribution in [-0.2, 0) is 11.2 Å². The lowest BCUT2D eigenvalue weighted by Crippen LogP contribution is -2.51. The highest BCUT2D eigenvalue weighted by Gasteiger charge is 2.24. The summed E-state index contributed by atoms with van der Waals surface area (Å²) in [6, 6.07) is 13.5. The number of carbonyl (C=O) groups is 2. The maximum absolute atomic E-state index is 12.6. The fraction of sp³-hybridized carbons (Fsp3) is 0.286. The van der Waals surface area contributed by atoms with E-state index in [9.17, 15) is 9.59 Å². The number of hydrogen-bond donors (Lipinski definition) is 1. The van der Waals surface area contributed by atoms with Crippen LogP contribution in [0.1, 0.15) is 21.5 Å². The minimum atomic E-state index is 0.0341. The van der Waals surface area contributed by atoms with Gasteiger partial charge in [-0.3, -0.25) is 9.59 Å². The lowest BCUT2D eigenvalue weighted by molar-refractivity contribution is -0.131. The Hall–Kier alpha value is -3.15. The van der Waals surface area contributed by atoms with E-state index in [2.05, 4.69) is 9.97 Å². The van der Waals surface area contributed by atoms with Gasteiger partial charge in [0, 0.05) is 31.7 Å². The molecule has 1 aliphatic rings. The summed E-state index contributed by atoms with van der Waals surface area (Å²) in [5, 5.41) is 0. The molecular weight excluding hydrogens is 340 g/mol. The van der Waals surface area contributed by atoms with Crippen molar-refractivity contribution < 1.29 is 9.59 Å². The van der Waals surface area contributed by atoms with Gasteiger partial charge in [-0.15, -0.1) is 0 Å². The molecule has 27 heavy (non-hydrogen) atoms. The van der Waals surface area contributed by atoms with Crippen molar-refractivity contribution in [2.75, 3.05) is 26.2 Å². The van der Waals surface area contributed by atoms with Crippen LogP contribution in [0.2, 0.25) is 0 Å². The van der Waals surface area contributed by atoms with E-state index in [1.165, 1.54) is 0 Å². The van der Waals surface area contributed by atoms with E-state index < -0.39 is 0 Å². The van der Waals surface area contributed by atoms with Crippen LogP contribution in [0, 0.1) is 6.92 Å². The van der Waals surface area contributed by atoms with Crippen LogP contribution < -0.4 is 0 Å². The number of imidazole rings is 1. The SMILES string of the molecule is Cc1ccc(C(=O)N2CCN(C(=O)Cc3ccc4nc[nH]c4c3)CC2)cc1. The highest BCUT2D eigenvalue weighted by molar-refractivity contribution is 5.94. The minimum absolute atomic E-state index is 0.0341. The summed E-state index contributed by atoms with van der Waals surface area (Å²) in [5.74, 6) is 0.128. The van der Waals surface area contributed by atoms with Gasteiger partial charge in [0.2, 0.25) is 5.91 Å². The highest BCUT2D eigenvalue weighted by atomic mass is 16.2. The maximum Gasteiger partial charge on any atom is 0.253 e. The van der Waals surface area contributed by atoms with Gasteiger partial charge in [0.25, 0.3) is 5.91 Å². The monoisotopic (exact) mass is 362 g/mol. The second kappa shape index (κ2) is 7.23. The topological polar surface area (TPSA) is 69.3 Å². The molecule has 2 amide bonds. The van der Waals surface area contributed by atoms with E-state index in [-0.39, 0.29) is 11.8 Å². The first-order valence-corrected chi connectivity index (χ1v) is 9.16. The second-order valence-electron chi connectivity index (χ2n) is 6.97. The standard InChI is InChI=1S/C21H22N4O2/c1-15-2-5-17(6-3-15)21(27)25-10-8-24(9-11-25)20(26)13-16-4-7-18-19(12-16)23-14-22-18/h2-7,12,14H,8-11,13H2,1H3,(H,22,23). The third-order valence-corrected chi connectivity index (χ3v) is 5.06. The minimum Gasteiger partial charge on any atom is -0.345 e. The summed E-state index contributed by atoms with van der Waals surface area (Å²) in [5.41, 5.74) is 4.64. The molecule has 3 aromatic rings. The summed E-state index contributed by atoms with van der Waals surface area (Å²) in [7, 11) is 0. The van der Waals surface area contributed by atoms with E-state index in [1.54, 1.807) is 6.33 Å². The van der Waals surface area contributed by atoms with Crippen molar-refractivity contribution in [3.05, 3.63) is 65.5 Å². The largest absolute Gasteiger partial charge is 0.345 e. The summed E-state index contributed by atoms with van der Waals surface area (Å²) in [6.07, 6.45) is 2.02. The zero-order valence-corrected chi connectivity index (χ0v) is 15.3. The quantitative estimate of drug-likeness (QED) is 0.778. The average molecular weight is 362 g/mol. The van der Waals surface area contributed by atoms with Crippen molar-refractivity contribution in [2.24, 2.45) is 0 Å². The van der Waals surface area contributed by atoms with Crippen molar-refractivity contribution in [1.29, 1.82) is 0 Å². The highest BCUT2D eigenvalue weighted by Crippen LogP contribution is 2.14. The van der Waals surface area contributed by atoms with Crippen LogP contribution in [-0.4, -0.2) is 57.8 Å². The number of aromatic amines is 1. The van der Waals surface area contributed by atoms with Crippen LogP contribution in [0.25, 0.3) is 11.0 Å². The fourth-order valence-electron chi connectivity index (χ4n) is 3.42. The van der Waals surface area contributed by atoms with E-state index in [0.717, 1.165) is 22.2 Å². The predicted molar refractivity (Wildman–Crippen MR) is 103 cm³/mol. The van der Waals surface area contributed by atoms with Crippen LogP contribution in [0.4, 0.5) is 0 Å². The first-order chi connectivity index (χ1) is 13.1. The molecule has 1 fully saturated rings. The van der Waals surface area contributed by atoms with E-state index in [0.29, 0.717) is 38.2 Å². The third kappa shape index (κ3) is 3.69. The number of nitrogens with one attached hydrogen (secondary N) is 1. The van der Waals surface area contributed by atoms with Gasteiger partial charge in [-0.2, -0.15) is 0 Å². The first kappa shape index (κ1) is 17.3. The van der Waals surface area contributed by atoms with E-state index >= 15 is 0 Å². The number of amides is 2. The van der Waals surface area contributed by atoms with Gasteiger partial charge in [0.15, 0.2) is 0 Å². The lowest BCUT2D eigenvalue weighted by atomic mass is 10.1. The number of piperazine rings is 1. The molecule has 6 heteroatoms. The number of hydrogen-bond acceptors (Lipinski definition) is 3. The van der Waals surface area contributed by atoms with Crippen LogP contribution in [0.15, 0.2) is 48.8 Å². The number of rotatable bonds is 3. The molecule has 6 nitrogen and oxygen atoms in total. The predicted octanol–water partition coefficient (Wildman–Crippen LogP) is 2.40. The van der Waals surface area contributed by atoms with Gasteiger partial charge in [-0.05, 0) is 36.8 Å². The van der Waals surface area contributed by atoms with Gasteiger partial charge >= 0.3 is 0 Å². The van der Waals surface area contributed by atoms with Crippen molar-refractivity contribution >= 4 is 22.8 Å². The van der Waals surface area contributed by atoms with Crippen LogP contribution in [0.5, 0.6) is 0 Å². The molecule has 1 N–H and O–H groups in total. The molecule has 138 valence electrons. The van der Waals surface area contributed by atoms with Crippen LogP contribution in [0.3, 0.4) is 0 Å². The zero-order valence-electron chi connectivity index (χ0n) is 15.3. The van der Waals surface area contributed by atoms with Crippen molar-refractivity contribution in [1.82, 2.24) is 19.8 Å². The van der Waals surface area contributed by atoms with Crippen molar-refractivity contribution in [3.63, 3.8) is 0 Å². The number of aromatic nitrogens is 2. The van der Waals surface area contributed by atoms with Gasteiger partial charge < -0.3 is 14.8 Å². The molecule has 2 heterocycles. The molecule has 0 atom stereocenters. The average Bonchev–Trinajstić information content (AvgIpc) is 3.16. The van der Waals surface area contributed by atoms with E-state index in [1.807, 2.05) is 59.2 Å². The molecule has 1 aromatic heterocycles. The number of carbonyl (C=O) groups excluding carboxylic acids is 2. The molecule has 0 saturated carbocycles. The Morgan fingerprint density at radius 3 is 2.44 bits per heavy atom. The molecule has 0 spiro atoms. The lowest BCUT2D eigenvalue weighted by Gasteiger charge is -2.35. The molecule has 1 saturated heterocycles. The summed E-state index contributed by atoms with van der Waals surface area (Å²) < 4.78 is 0. The van der Waals surface area contributed by atoms with Gasteiger partial charge in [0.1, 0.15) is 0 Å². The number of benzene rings is 2. The maximum atomic E-state index is 12.6. The van der Waals surface area contributed by atoms with Crippen LogP contribution >= 0.6 is 0 Å². The van der Waals surface area contributed by atoms with Gasteiger partial charge in [-0.25, -0.2) is 4.98 Å². The molecule has 0 unspecified atom stereocenters. The fourth-order valence-corrected chi connectivity index (χ4v) is 3.42. The third-order valence-electron chi connectivity index (χ3n) is 5.06. The zero-order chi connectivity index (χ0) is 18.8. The first-order valence-electron chi connectivity index (χ1n) is 9.16. The van der Waals surface area contributed by atoms with Gasteiger partial charge in [0.05, 0.1) is 23.8 Å². The number of nitrogens with zero attached hydrogens (tertiary/aromatic N) is 3. The number of H-pyrrole nitrogens is 1. The molecule has 2 aromatic carbocycles. The smallest absolute Gasteiger partial charge is 0.253 e. The van der Waals surface area contributed by atoms with E-state index in [4.69, 9.17) is 0 Å². The summed E-state index contributed by atoms with van der Waals surface area (Å²) >= 11 is 0. The summed E-state index contributed by atoms with van der Waals surface area (Å²) in [6.45, 7) is 4.28. The Morgan fingerprint density at radius 2 is 1.70 bits per heavy atom. The molecular formula is C21H22N4O2. The Labute approximate surface area is 157 Å². The molecule has 1 aliphatic heterocycles. The molecule has 4 rings (SSSR count). The van der Waals surface area contributed by atoms with Gasteiger partial charge in [-0.1, -0.05) is 23.8 Å². The molecule has 0 aliphatic carbocycles. The number of fused-ring (bicyclic) bond motifs is 1. The summed E-state index contributed by atoms with van der Waals surface area (Å²) in [4.78, 5) is 36.1. The molecule has 0 radical (unpaired) electrons. The van der Waals surface area contributed by atoms with Crippen molar-refractivity contribution in [2.45, 2.75) is 13.3 Å². The Balaban J connectivity index is 1.34. The number of aryl methyl sites for hydroxylation is 1. The van der Waals surface area contributed by atoms with Crippen molar-refractivity contribution in [3.8, 4) is 0 Å². The molecule has 0 bridgehead atoms.